The van der Waals surface area contributed by atoms with Crippen LogP contribution < -0.4 is 0 Å². The molecule has 0 aromatic heterocycles. The number of halogens is 2. The molecule has 0 amide bonds. The summed E-state index contributed by atoms with van der Waals surface area (Å²) in [6.07, 6.45) is 9.37. The molecule has 0 spiro atoms. The second-order valence-corrected chi connectivity index (χ2v) is 7.12. The van der Waals surface area contributed by atoms with E-state index in [1.807, 2.05) is 30.3 Å². The Balaban J connectivity index is 2.09. The van der Waals surface area contributed by atoms with E-state index in [9.17, 15) is 4.39 Å². The molecule has 0 heterocycles. The third-order valence-corrected chi connectivity index (χ3v) is 5.09. The number of hydrogen-bond donors (Lipinski definition) is 0. The predicted molar refractivity (Wildman–Crippen MR) is 89.3 cm³/mol. The van der Waals surface area contributed by atoms with Crippen molar-refractivity contribution in [3.63, 3.8) is 0 Å². The van der Waals surface area contributed by atoms with Gasteiger partial charge in [-0.15, -0.1) is 0 Å². The van der Waals surface area contributed by atoms with Crippen molar-refractivity contribution in [3.05, 3.63) is 54.1 Å². The molecule has 19 heavy (non-hydrogen) atoms. The molecule has 1 aliphatic rings. The molecule has 2 unspecified atom stereocenters. The monoisotopic (exact) mass is 370 g/mol. The van der Waals surface area contributed by atoms with E-state index in [0.29, 0.717) is 0 Å². The van der Waals surface area contributed by atoms with Crippen LogP contribution in [0.4, 0.5) is 4.39 Å². The van der Waals surface area contributed by atoms with E-state index in [4.69, 9.17) is 0 Å². The summed E-state index contributed by atoms with van der Waals surface area (Å²) >= 11 is 2.28. The molecule has 0 N–H and O–H groups in total. The van der Waals surface area contributed by atoms with Gasteiger partial charge in [-0.3, -0.25) is 0 Å². The van der Waals surface area contributed by atoms with Crippen LogP contribution in [-0.4, -0.2) is 9.59 Å². The van der Waals surface area contributed by atoms with Crippen molar-refractivity contribution in [2.24, 2.45) is 0 Å². The van der Waals surface area contributed by atoms with Crippen molar-refractivity contribution < 1.29 is 4.39 Å². The topological polar surface area (TPSA) is 0 Å². The van der Waals surface area contributed by atoms with Crippen molar-refractivity contribution in [3.8, 4) is 0 Å². The number of alkyl halides is 2. The van der Waals surface area contributed by atoms with Gasteiger partial charge in [0.25, 0.3) is 0 Å². The normalized spacial score (nSPS) is 26.3. The second-order valence-electron chi connectivity index (χ2n) is 5.11. The van der Waals surface area contributed by atoms with Crippen LogP contribution in [0.3, 0.4) is 0 Å². The second kappa shape index (κ2) is 6.69. The van der Waals surface area contributed by atoms with E-state index in [2.05, 4.69) is 41.7 Å². The fourth-order valence-electron chi connectivity index (χ4n) is 2.36. The number of allylic oxidation sites excluding steroid dienone is 4. The summed E-state index contributed by atoms with van der Waals surface area (Å²) in [5.41, 5.74) is 2.09. The highest BCUT2D eigenvalue weighted by Gasteiger charge is 2.34. The molecule has 0 saturated carbocycles. The summed E-state index contributed by atoms with van der Waals surface area (Å²) in [5, 5.41) is 0. The van der Waals surface area contributed by atoms with Crippen LogP contribution in [0, 0.1) is 0 Å². The van der Waals surface area contributed by atoms with Gasteiger partial charge in [0.1, 0.15) is 6.17 Å². The first kappa shape index (κ1) is 14.8. The first-order valence-corrected chi connectivity index (χ1v) is 8.03. The highest BCUT2D eigenvalue weighted by atomic mass is 127. The van der Waals surface area contributed by atoms with Gasteiger partial charge in [-0.25, -0.2) is 4.39 Å². The van der Waals surface area contributed by atoms with E-state index in [1.165, 1.54) is 12.8 Å². The third-order valence-electron chi connectivity index (χ3n) is 3.59. The van der Waals surface area contributed by atoms with Crippen LogP contribution in [0.15, 0.2) is 48.6 Å². The Morgan fingerprint density at radius 1 is 1.21 bits per heavy atom. The van der Waals surface area contributed by atoms with Crippen LogP contribution in [0.25, 0.3) is 5.57 Å². The molecular formula is C17H20FI. The lowest BCUT2D eigenvalue weighted by Gasteiger charge is -2.30. The quantitative estimate of drug-likeness (QED) is 0.353. The van der Waals surface area contributed by atoms with Gasteiger partial charge >= 0.3 is 0 Å². The van der Waals surface area contributed by atoms with Crippen molar-refractivity contribution >= 4 is 28.2 Å². The average Bonchev–Trinajstić information content (AvgIpc) is 2.43. The minimum atomic E-state index is -0.898. The van der Waals surface area contributed by atoms with Gasteiger partial charge in [0.15, 0.2) is 0 Å². The van der Waals surface area contributed by atoms with E-state index in [-0.39, 0.29) is 3.42 Å². The number of hydrogen-bond acceptors (Lipinski definition) is 0. The molecule has 0 bridgehead atoms. The van der Waals surface area contributed by atoms with Gasteiger partial charge < -0.3 is 0 Å². The summed E-state index contributed by atoms with van der Waals surface area (Å²) < 4.78 is 14.1. The first-order chi connectivity index (χ1) is 9.15. The molecule has 0 fully saturated rings. The zero-order chi connectivity index (χ0) is 13.7. The Morgan fingerprint density at radius 3 is 2.58 bits per heavy atom. The van der Waals surface area contributed by atoms with Crippen LogP contribution >= 0.6 is 22.6 Å². The molecule has 1 aromatic carbocycles. The number of benzene rings is 1. The molecule has 2 atom stereocenters. The summed E-state index contributed by atoms with van der Waals surface area (Å²) in [5.74, 6) is 0. The Kier molecular flexibility index (Phi) is 5.20. The fourth-order valence-corrected chi connectivity index (χ4v) is 3.10. The highest BCUT2D eigenvalue weighted by molar-refractivity contribution is 14.1. The molecule has 0 saturated heterocycles. The smallest absolute Gasteiger partial charge is 0.137 e. The van der Waals surface area contributed by atoms with Gasteiger partial charge in [-0.1, -0.05) is 91.3 Å². The van der Waals surface area contributed by atoms with E-state index < -0.39 is 6.17 Å². The molecule has 2 heteroatoms. The van der Waals surface area contributed by atoms with Crippen LogP contribution in [0.5, 0.6) is 0 Å². The molecule has 1 aromatic rings. The Hall–Kier alpha value is -0.640. The van der Waals surface area contributed by atoms with Gasteiger partial charge in [0.05, 0.1) is 3.42 Å². The molecule has 102 valence electrons. The lowest BCUT2D eigenvalue weighted by Crippen LogP contribution is -2.31. The Bertz CT molecular complexity index is 463. The lowest BCUT2D eigenvalue weighted by molar-refractivity contribution is 0.339. The first-order valence-electron chi connectivity index (χ1n) is 6.95. The molecule has 1 aliphatic carbocycles. The maximum Gasteiger partial charge on any atom is 0.137 e. The number of rotatable bonds is 5. The molecule has 0 aliphatic heterocycles. The minimum absolute atomic E-state index is 0.356. The van der Waals surface area contributed by atoms with E-state index in [1.54, 1.807) is 6.08 Å². The largest absolute Gasteiger partial charge is 0.241 e. The standard InChI is InChI=1S/C17H20FI/c1-2-3-7-11-17(19)12-10-15(13-16(17)18)14-8-5-4-6-9-14/h4-6,8-10,12-13,16H,2-3,7,11H2,1H3. The molecule has 0 radical (unpaired) electrons. The van der Waals surface area contributed by atoms with Gasteiger partial charge in [0, 0.05) is 0 Å². The van der Waals surface area contributed by atoms with E-state index in [0.717, 1.165) is 24.0 Å². The van der Waals surface area contributed by atoms with Crippen LogP contribution in [0.2, 0.25) is 0 Å². The average molecular weight is 370 g/mol. The van der Waals surface area contributed by atoms with Crippen molar-refractivity contribution in [2.45, 2.75) is 42.2 Å². The summed E-state index contributed by atoms with van der Waals surface area (Å²) in [6.45, 7) is 2.18. The summed E-state index contributed by atoms with van der Waals surface area (Å²) in [7, 11) is 0. The third kappa shape index (κ3) is 3.68. The SMILES string of the molecule is CCCCCC1(I)C=CC(c2ccccc2)=CC1F. The fraction of sp³-hybridized carbons (Fsp3) is 0.412. The van der Waals surface area contributed by atoms with Gasteiger partial charge in [-0.2, -0.15) is 0 Å². The number of unbranched alkanes of at least 4 members (excludes halogenated alkanes) is 2. The van der Waals surface area contributed by atoms with Gasteiger partial charge in [0.2, 0.25) is 0 Å². The lowest BCUT2D eigenvalue weighted by atomic mass is 9.88. The van der Waals surface area contributed by atoms with Crippen LogP contribution in [-0.2, 0) is 0 Å². The van der Waals surface area contributed by atoms with Crippen molar-refractivity contribution in [1.82, 2.24) is 0 Å². The Labute approximate surface area is 128 Å². The molecule has 0 nitrogen and oxygen atoms in total. The maximum atomic E-state index is 14.5. The highest BCUT2D eigenvalue weighted by Crippen LogP contribution is 2.39. The van der Waals surface area contributed by atoms with E-state index >= 15 is 0 Å². The van der Waals surface area contributed by atoms with Gasteiger partial charge in [-0.05, 0) is 23.6 Å². The summed E-state index contributed by atoms with van der Waals surface area (Å²) in [4.78, 5) is 0. The Morgan fingerprint density at radius 2 is 1.95 bits per heavy atom. The maximum absolute atomic E-state index is 14.5. The zero-order valence-electron chi connectivity index (χ0n) is 11.3. The van der Waals surface area contributed by atoms with Crippen molar-refractivity contribution in [2.75, 3.05) is 0 Å². The predicted octanol–water partition coefficient (Wildman–Crippen LogP) is 5.73. The minimum Gasteiger partial charge on any atom is -0.241 e. The van der Waals surface area contributed by atoms with Crippen molar-refractivity contribution in [1.29, 1.82) is 0 Å². The molecule has 2 rings (SSSR count). The molecular weight excluding hydrogens is 350 g/mol. The summed E-state index contributed by atoms with van der Waals surface area (Å²) in [6, 6.07) is 10.0. The zero-order valence-corrected chi connectivity index (χ0v) is 13.4. The van der Waals surface area contributed by atoms with Crippen LogP contribution in [0.1, 0.15) is 38.2 Å².